The molecule has 4 heteroatoms. The van der Waals surface area contributed by atoms with Crippen LogP contribution in [0.25, 0.3) is 0 Å². The SMILES string of the molecule is c1cn(C2CC2)c(NC2CCCSC2)n1. The Morgan fingerprint density at radius 1 is 1.40 bits per heavy atom. The van der Waals surface area contributed by atoms with Gasteiger partial charge >= 0.3 is 0 Å². The Bertz CT molecular complexity index is 326. The van der Waals surface area contributed by atoms with Crippen LogP contribution in [0.3, 0.4) is 0 Å². The Morgan fingerprint density at radius 2 is 2.33 bits per heavy atom. The van der Waals surface area contributed by atoms with Crippen molar-refractivity contribution < 1.29 is 0 Å². The summed E-state index contributed by atoms with van der Waals surface area (Å²) in [6, 6.07) is 1.36. The number of hydrogen-bond donors (Lipinski definition) is 1. The lowest BCUT2D eigenvalue weighted by Crippen LogP contribution is -2.27. The van der Waals surface area contributed by atoms with E-state index in [0.29, 0.717) is 6.04 Å². The van der Waals surface area contributed by atoms with E-state index in [1.807, 2.05) is 6.20 Å². The summed E-state index contributed by atoms with van der Waals surface area (Å²) in [4.78, 5) is 4.41. The molecular weight excluding hydrogens is 206 g/mol. The summed E-state index contributed by atoms with van der Waals surface area (Å²) in [6.45, 7) is 0. The first-order valence-electron chi connectivity index (χ1n) is 5.80. The van der Waals surface area contributed by atoms with Crippen molar-refractivity contribution in [2.24, 2.45) is 0 Å². The van der Waals surface area contributed by atoms with Gasteiger partial charge in [-0.3, -0.25) is 0 Å². The zero-order valence-corrected chi connectivity index (χ0v) is 9.67. The molecule has 1 aliphatic heterocycles. The van der Waals surface area contributed by atoms with Gasteiger partial charge in [-0.25, -0.2) is 4.98 Å². The lowest BCUT2D eigenvalue weighted by molar-refractivity contribution is 0.660. The molecule has 82 valence electrons. The van der Waals surface area contributed by atoms with Crippen LogP contribution in [0.5, 0.6) is 0 Å². The number of thioether (sulfide) groups is 1. The first kappa shape index (κ1) is 9.58. The van der Waals surface area contributed by atoms with Crippen molar-refractivity contribution >= 4 is 17.7 Å². The molecule has 2 fully saturated rings. The molecule has 2 heterocycles. The topological polar surface area (TPSA) is 29.9 Å². The van der Waals surface area contributed by atoms with Gasteiger partial charge in [-0.15, -0.1) is 0 Å². The maximum atomic E-state index is 4.41. The number of rotatable bonds is 3. The first-order chi connectivity index (χ1) is 7.43. The summed E-state index contributed by atoms with van der Waals surface area (Å²) < 4.78 is 2.30. The van der Waals surface area contributed by atoms with Crippen LogP contribution in [0.4, 0.5) is 5.95 Å². The van der Waals surface area contributed by atoms with Gasteiger partial charge in [0.25, 0.3) is 0 Å². The highest BCUT2D eigenvalue weighted by Crippen LogP contribution is 2.37. The number of nitrogens with zero attached hydrogens (tertiary/aromatic N) is 2. The minimum atomic E-state index is 0.628. The fourth-order valence-electron chi connectivity index (χ4n) is 2.11. The quantitative estimate of drug-likeness (QED) is 0.854. The predicted octanol–water partition coefficient (Wildman–Crippen LogP) is 2.53. The summed E-state index contributed by atoms with van der Waals surface area (Å²) in [5.41, 5.74) is 0. The maximum Gasteiger partial charge on any atom is 0.203 e. The summed E-state index contributed by atoms with van der Waals surface area (Å²) in [5.74, 6) is 3.65. The first-order valence-corrected chi connectivity index (χ1v) is 6.96. The van der Waals surface area contributed by atoms with Crippen molar-refractivity contribution in [1.82, 2.24) is 9.55 Å². The molecule has 0 aromatic carbocycles. The Labute approximate surface area is 94.7 Å². The van der Waals surface area contributed by atoms with Gasteiger partial charge in [-0.1, -0.05) is 0 Å². The normalized spacial score (nSPS) is 26.5. The molecule has 1 aromatic heterocycles. The third-order valence-corrected chi connectivity index (χ3v) is 4.32. The van der Waals surface area contributed by atoms with E-state index in [4.69, 9.17) is 0 Å². The molecule has 1 atom stereocenters. The highest BCUT2D eigenvalue weighted by Gasteiger charge is 2.26. The summed E-state index contributed by atoms with van der Waals surface area (Å²) >= 11 is 2.06. The van der Waals surface area contributed by atoms with Crippen LogP contribution in [-0.2, 0) is 0 Å². The smallest absolute Gasteiger partial charge is 0.203 e. The van der Waals surface area contributed by atoms with E-state index in [1.54, 1.807) is 0 Å². The Morgan fingerprint density at radius 3 is 3.07 bits per heavy atom. The van der Waals surface area contributed by atoms with Gasteiger partial charge in [0, 0.05) is 30.2 Å². The number of nitrogens with one attached hydrogen (secondary N) is 1. The van der Waals surface area contributed by atoms with Gasteiger partial charge in [-0.05, 0) is 31.4 Å². The molecular formula is C11H17N3S. The molecule has 1 saturated carbocycles. The summed E-state index contributed by atoms with van der Waals surface area (Å²) in [5, 5.41) is 3.58. The monoisotopic (exact) mass is 223 g/mol. The highest BCUT2D eigenvalue weighted by molar-refractivity contribution is 7.99. The van der Waals surface area contributed by atoms with Gasteiger partial charge in [0.15, 0.2) is 0 Å². The highest BCUT2D eigenvalue weighted by atomic mass is 32.2. The van der Waals surface area contributed by atoms with Gasteiger partial charge in [0.05, 0.1) is 0 Å². The molecule has 1 saturated heterocycles. The van der Waals surface area contributed by atoms with Crippen molar-refractivity contribution in [1.29, 1.82) is 0 Å². The van der Waals surface area contributed by atoms with Crippen molar-refractivity contribution in [3.63, 3.8) is 0 Å². The average molecular weight is 223 g/mol. The molecule has 15 heavy (non-hydrogen) atoms. The van der Waals surface area contributed by atoms with Crippen molar-refractivity contribution in [2.75, 3.05) is 16.8 Å². The van der Waals surface area contributed by atoms with Gasteiger partial charge in [-0.2, -0.15) is 11.8 Å². The molecule has 0 bridgehead atoms. The van der Waals surface area contributed by atoms with Gasteiger partial charge < -0.3 is 9.88 Å². The number of imidazole rings is 1. The van der Waals surface area contributed by atoms with Crippen LogP contribution in [0.2, 0.25) is 0 Å². The van der Waals surface area contributed by atoms with Crippen molar-refractivity contribution in [2.45, 2.75) is 37.8 Å². The zero-order chi connectivity index (χ0) is 10.1. The van der Waals surface area contributed by atoms with Crippen molar-refractivity contribution in [3.05, 3.63) is 12.4 Å². The molecule has 0 spiro atoms. The zero-order valence-electron chi connectivity index (χ0n) is 8.85. The lowest BCUT2D eigenvalue weighted by atomic mass is 10.2. The van der Waals surface area contributed by atoms with Gasteiger partial charge in [0.2, 0.25) is 5.95 Å². The van der Waals surface area contributed by atoms with E-state index in [0.717, 1.165) is 12.0 Å². The standard InChI is InChI=1S/C11H17N3S/c1-2-9(8-15-7-1)13-11-12-5-6-14(11)10-3-4-10/h5-6,9-10H,1-4,7-8H2,(H,12,13). The van der Waals surface area contributed by atoms with E-state index in [9.17, 15) is 0 Å². The third kappa shape index (κ3) is 2.14. The Balaban J connectivity index is 1.67. The summed E-state index contributed by atoms with van der Waals surface area (Å²) in [7, 11) is 0. The van der Waals surface area contributed by atoms with E-state index in [2.05, 4.69) is 32.8 Å². The van der Waals surface area contributed by atoms with E-state index in [1.165, 1.54) is 37.2 Å². The molecule has 3 rings (SSSR count). The van der Waals surface area contributed by atoms with Crippen molar-refractivity contribution in [3.8, 4) is 0 Å². The maximum absolute atomic E-state index is 4.41. The number of hydrogen-bond acceptors (Lipinski definition) is 3. The largest absolute Gasteiger partial charge is 0.352 e. The second-order valence-corrected chi connectivity index (χ2v) is 5.60. The van der Waals surface area contributed by atoms with Crippen LogP contribution < -0.4 is 5.32 Å². The molecule has 1 N–H and O–H groups in total. The van der Waals surface area contributed by atoms with Crippen LogP contribution >= 0.6 is 11.8 Å². The Kier molecular flexibility index (Phi) is 2.61. The lowest BCUT2D eigenvalue weighted by Gasteiger charge is -2.23. The fourth-order valence-corrected chi connectivity index (χ4v) is 3.18. The molecule has 1 aliphatic carbocycles. The average Bonchev–Trinajstić information content (AvgIpc) is 3.02. The van der Waals surface area contributed by atoms with Crippen LogP contribution in [0.1, 0.15) is 31.7 Å². The second kappa shape index (κ2) is 4.08. The van der Waals surface area contributed by atoms with Crippen LogP contribution in [-0.4, -0.2) is 27.1 Å². The fraction of sp³-hybridized carbons (Fsp3) is 0.727. The van der Waals surface area contributed by atoms with E-state index >= 15 is 0 Å². The molecule has 1 unspecified atom stereocenters. The minimum Gasteiger partial charge on any atom is -0.352 e. The van der Waals surface area contributed by atoms with E-state index < -0.39 is 0 Å². The summed E-state index contributed by atoms with van der Waals surface area (Å²) in [6.07, 6.45) is 9.30. The van der Waals surface area contributed by atoms with Gasteiger partial charge in [0.1, 0.15) is 0 Å². The van der Waals surface area contributed by atoms with E-state index in [-0.39, 0.29) is 0 Å². The molecule has 1 aromatic rings. The molecule has 0 amide bonds. The number of aromatic nitrogens is 2. The predicted molar refractivity (Wildman–Crippen MR) is 64.5 cm³/mol. The second-order valence-electron chi connectivity index (χ2n) is 4.45. The molecule has 0 radical (unpaired) electrons. The minimum absolute atomic E-state index is 0.628. The number of anilines is 1. The van der Waals surface area contributed by atoms with Crippen LogP contribution in [0, 0.1) is 0 Å². The third-order valence-electron chi connectivity index (χ3n) is 3.10. The molecule has 3 nitrogen and oxygen atoms in total. The Hall–Kier alpha value is -0.640. The van der Waals surface area contributed by atoms with Crippen LogP contribution in [0.15, 0.2) is 12.4 Å². The molecule has 2 aliphatic rings.